The van der Waals surface area contributed by atoms with Crippen LogP contribution in [0, 0.1) is 17.8 Å². The Morgan fingerprint density at radius 1 is 1.14 bits per heavy atom. The number of nitrogens with zero attached hydrogens (tertiary/aromatic N) is 1. The van der Waals surface area contributed by atoms with Crippen LogP contribution >= 0.6 is 0 Å². The molecule has 1 aliphatic carbocycles. The molecule has 1 saturated carbocycles. The zero-order valence-corrected chi connectivity index (χ0v) is 14.5. The molecule has 3 N–H and O–H groups in total. The molecule has 0 bridgehead atoms. The van der Waals surface area contributed by atoms with Gasteiger partial charge in [-0.25, -0.2) is 0 Å². The third-order valence-corrected chi connectivity index (χ3v) is 5.23. The van der Waals surface area contributed by atoms with Crippen LogP contribution in [0.25, 0.3) is 0 Å². The molecule has 128 valence electrons. The Labute approximate surface area is 136 Å². The standard InChI is InChI=1S/C18H35N3O/c1-14-10-15(2)13-21(12-14)9-4-3-8-20-18(22)16-6-5-7-17(19)11-16/h14-17H,3-13,19H2,1-2H3,(H,20,22). The van der Waals surface area contributed by atoms with Crippen LogP contribution in [-0.2, 0) is 4.79 Å². The van der Waals surface area contributed by atoms with E-state index >= 15 is 0 Å². The van der Waals surface area contributed by atoms with E-state index in [4.69, 9.17) is 5.73 Å². The molecule has 0 aromatic carbocycles. The lowest BCUT2D eigenvalue weighted by Crippen LogP contribution is -2.40. The predicted octanol–water partition coefficient (Wildman–Crippen LogP) is 2.38. The van der Waals surface area contributed by atoms with Crippen molar-refractivity contribution in [3.8, 4) is 0 Å². The number of piperidine rings is 1. The SMILES string of the molecule is CC1CC(C)CN(CCCCNC(=O)C2CCCC(N)C2)C1. The third kappa shape index (κ3) is 5.88. The van der Waals surface area contributed by atoms with Gasteiger partial charge in [-0.2, -0.15) is 0 Å². The molecular weight excluding hydrogens is 274 g/mol. The maximum atomic E-state index is 12.1. The van der Waals surface area contributed by atoms with Gasteiger partial charge >= 0.3 is 0 Å². The maximum Gasteiger partial charge on any atom is 0.223 e. The lowest BCUT2D eigenvalue weighted by atomic mass is 9.85. The van der Waals surface area contributed by atoms with Crippen LogP contribution in [0.2, 0.25) is 0 Å². The maximum absolute atomic E-state index is 12.1. The molecule has 0 radical (unpaired) electrons. The summed E-state index contributed by atoms with van der Waals surface area (Å²) in [6, 6.07) is 0.229. The van der Waals surface area contributed by atoms with Gasteiger partial charge in [-0.05, 0) is 56.9 Å². The van der Waals surface area contributed by atoms with Gasteiger partial charge in [0, 0.05) is 31.6 Å². The van der Waals surface area contributed by atoms with Gasteiger partial charge in [0.2, 0.25) is 5.91 Å². The summed E-state index contributed by atoms with van der Waals surface area (Å²) in [4.78, 5) is 14.7. The normalized spacial score (nSPS) is 33.6. The Morgan fingerprint density at radius 3 is 2.55 bits per heavy atom. The molecule has 1 heterocycles. The highest BCUT2D eigenvalue weighted by Gasteiger charge is 2.25. The Morgan fingerprint density at radius 2 is 1.86 bits per heavy atom. The van der Waals surface area contributed by atoms with Gasteiger partial charge in [-0.15, -0.1) is 0 Å². The summed E-state index contributed by atoms with van der Waals surface area (Å²) >= 11 is 0. The molecule has 0 aromatic heterocycles. The highest BCUT2D eigenvalue weighted by atomic mass is 16.1. The smallest absolute Gasteiger partial charge is 0.223 e. The number of hydrogen-bond donors (Lipinski definition) is 2. The van der Waals surface area contributed by atoms with Crippen LogP contribution in [0.4, 0.5) is 0 Å². The minimum Gasteiger partial charge on any atom is -0.356 e. The fraction of sp³-hybridized carbons (Fsp3) is 0.944. The lowest BCUT2D eigenvalue weighted by Gasteiger charge is -2.35. The van der Waals surface area contributed by atoms with Crippen LogP contribution in [0.5, 0.6) is 0 Å². The fourth-order valence-corrected chi connectivity index (χ4v) is 4.26. The second-order valence-electron chi connectivity index (χ2n) is 7.83. The number of nitrogens with two attached hydrogens (primary N) is 1. The summed E-state index contributed by atoms with van der Waals surface area (Å²) in [5.41, 5.74) is 5.96. The molecule has 2 rings (SSSR count). The molecule has 2 fully saturated rings. The summed E-state index contributed by atoms with van der Waals surface area (Å²) in [5, 5.41) is 3.12. The summed E-state index contributed by atoms with van der Waals surface area (Å²) in [5.74, 6) is 2.06. The summed E-state index contributed by atoms with van der Waals surface area (Å²) < 4.78 is 0. The van der Waals surface area contributed by atoms with E-state index in [1.807, 2.05) is 0 Å². The topological polar surface area (TPSA) is 58.4 Å². The molecule has 4 atom stereocenters. The second kappa shape index (κ2) is 8.88. The van der Waals surface area contributed by atoms with Crippen molar-refractivity contribution in [2.24, 2.45) is 23.5 Å². The predicted molar refractivity (Wildman–Crippen MR) is 91.6 cm³/mol. The highest BCUT2D eigenvalue weighted by Crippen LogP contribution is 2.23. The van der Waals surface area contributed by atoms with Crippen LogP contribution in [0.15, 0.2) is 0 Å². The molecule has 0 spiro atoms. The van der Waals surface area contributed by atoms with Crippen molar-refractivity contribution in [1.29, 1.82) is 0 Å². The molecule has 2 aliphatic rings. The molecule has 0 aromatic rings. The second-order valence-corrected chi connectivity index (χ2v) is 7.83. The fourth-order valence-electron chi connectivity index (χ4n) is 4.26. The van der Waals surface area contributed by atoms with Gasteiger partial charge in [-0.3, -0.25) is 4.79 Å². The minimum atomic E-state index is 0.160. The van der Waals surface area contributed by atoms with E-state index in [-0.39, 0.29) is 17.9 Å². The van der Waals surface area contributed by atoms with E-state index in [1.165, 1.54) is 32.5 Å². The molecule has 4 nitrogen and oxygen atoms in total. The summed E-state index contributed by atoms with van der Waals surface area (Å²) in [7, 11) is 0. The van der Waals surface area contributed by atoms with E-state index in [0.29, 0.717) is 0 Å². The first-order valence-electron chi connectivity index (χ1n) is 9.30. The lowest BCUT2D eigenvalue weighted by molar-refractivity contribution is -0.126. The first-order valence-corrected chi connectivity index (χ1v) is 9.30. The van der Waals surface area contributed by atoms with Crippen molar-refractivity contribution in [3.63, 3.8) is 0 Å². The number of unbranched alkanes of at least 4 members (excludes halogenated alkanes) is 1. The zero-order chi connectivity index (χ0) is 15.9. The largest absolute Gasteiger partial charge is 0.356 e. The van der Waals surface area contributed by atoms with Crippen molar-refractivity contribution in [1.82, 2.24) is 10.2 Å². The van der Waals surface area contributed by atoms with E-state index in [2.05, 4.69) is 24.1 Å². The van der Waals surface area contributed by atoms with Gasteiger partial charge in [0.05, 0.1) is 0 Å². The van der Waals surface area contributed by atoms with E-state index in [0.717, 1.165) is 50.5 Å². The Bertz CT molecular complexity index is 337. The molecule has 22 heavy (non-hydrogen) atoms. The van der Waals surface area contributed by atoms with Crippen molar-refractivity contribution < 1.29 is 4.79 Å². The van der Waals surface area contributed by atoms with Gasteiger partial charge in [-0.1, -0.05) is 20.3 Å². The first kappa shape index (κ1) is 17.7. The van der Waals surface area contributed by atoms with Gasteiger partial charge < -0.3 is 16.0 Å². The minimum absolute atomic E-state index is 0.160. The summed E-state index contributed by atoms with van der Waals surface area (Å²) in [6.07, 6.45) is 7.71. The molecule has 1 saturated heterocycles. The Kier molecular flexibility index (Phi) is 7.16. The number of rotatable bonds is 6. The van der Waals surface area contributed by atoms with Crippen LogP contribution in [0.1, 0.15) is 58.8 Å². The van der Waals surface area contributed by atoms with Crippen LogP contribution < -0.4 is 11.1 Å². The first-order chi connectivity index (χ1) is 10.5. The number of carbonyl (C=O) groups excluding carboxylic acids is 1. The van der Waals surface area contributed by atoms with E-state index in [9.17, 15) is 4.79 Å². The van der Waals surface area contributed by atoms with Crippen molar-refractivity contribution in [2.75, 3.05) is 26.2 Å². The number of carbonyl (C=O) groups is 1. The Hall–Kier alpha value is -0.610. The molecule has 1 aliphatic heterocycles. The average Bonchev–Trinajstić information content (AvgIpc) is 2.45. The molecular formula is C18H35N3O. The van der Waals surface area contributed by atoms with E-state index in [1.54, 1.807) is 0 Å². The quantitative estimate of drug-likeness (QED) is 0.741. The molecule has 4 unspecified atom stereocenters. The Balaban J connectivity index is 1.54. The molecule has 1 amide bonds. The summed E-state index contributed by atoms with van der Waals surface area (Å²) in [6.45, 7) is 9.21. The van der Waals surface area contributed by atoms with Crippen molar-refractivity contribution in [2.45, 2.75) is 64.8 Å². The third-order valence-electron chi connectivity index (χ3n) is 5.23. The number of nitrogens with one attached hydrogen (secondary N) is 1. The number of amides is 1. The van der Waals surface area contributed by atoms with Crippen molar-refractivity contribution >= 4 is 5.91 Å². The van der Waals surface area contributed by atoms with E-state index < -0.39 is 0 Å². The van der Waals surface area contributed by atoms with Crippen LogP contribution in [0.3, 0.4) is 0 Å². The average molecular weight is 309 g/mol. The van der Waals surface area contributed by atoms with Gasteiger partial charge in [0.15, 0.2) is 0 Å². The van der Waals surface area contributed by atoms with Gasteiger partial charge in [0.1, 0.15) is 0 Å². The number of likely N-dealkylation sites (tertiary alicyclic amines) is 1. The molecule has 4 heteroatoms. The van der Waals surface area contributed by atoms with Crippen LogP contribution in [-0.4, -0.2) is 43.0 Å². The van der Waals surface area contributed by atoms with Crippen molar-refractivity contribution in [3.05, 3.63) is 0 Å². The number of hydrogen-bond acceptors (Lipinski definition) is 3. The monoisotopic (exact) mass is 309 g/mol. The zero-order valence-electron chi connectivity index (χ0n) is 14.5. The van der Waals surface area contributed by atoms with Gasteiger partial charge in [0.25, 0.3) is 0 Å². The highest BCUT2D eigenvalue weighted by molar-refractivity contribution is 5.78.